The maximum Gasteiger partial charge on any atom is 0.252 e. The fourth-order valence-electron chi connectivity index (χ4n) is 4.01. The molecule has 1 aromatic carbocycles. The van der Waals surface area contributed by atoms with Crippen LogP contribution in [0.2, 0.25) is 0 Å². The van der Waals surface area contributed by atoms with Crippen LogP contribution in [0.5, 0.6) is 0 Å². The van der Waals surface area contributed by atoms with E-state index in [4.69, 9.17) is 4.74 Å². The van der Waals surface area contributed by atoms with Crippen LogP contribution >= 0.6 is 0 Å². The number of H-pyrrole nitrogens is 1. The van der Waals surface area contributed by atoms with Crippen LogP contribution in [0.1, 0.15) is 23.4 Å². The van der Waals surface area contributed by atoms with Gasteiger partial charge in [0.25, 0.3) is 5.56 Å². The largest absolute Gasteiger partial charge is 0.396 e. The molecule has 4 rings (SSSR count). The maximum atomic E-state index is 12.7. The molecule has 2 N–H and O–H groups in total. The fraction of sp³-hybridized carbons (Fsp3) is 0.545. The number of hydrogen-bond acceptors (Lipinski definition) is 8. The number of tetrazole rings is 1. The van der Waals surface area contributed by atoms with E-state index < -0.39 is 0 Å². The van der Waals surface area contributed by atoms with Gasteiger partial charge in [-0.05, 0) is 47.4 Å². The van der Waals surface area contributed by atoms with Gasteiger partial charge in [0.15, 0.2) is 5.82 Å². The topological polar surface area (TPSA) is 112 Å². The number of nitrogens with zero attached hydrogens (tertiary/aromatic N) is 6. The molecule has 2 aromatic heterocycles. The summed E-state index contributed by atoms with van der Waals surface area (Å²) < 4.78 is 7.23. The summed E-state index contributed by atoms with van der Waals surface area (Å²) in [5, 5.41) is 22.6. The quantitative estimate of drug-likeness (QED) is 0.469. The van der Waals surface area contributed by atoms with Gasteiger partial charge in [0.1, 0.15) is 0 Å². The second kappa shape index (κ2) is 10.8. The number of fused-ring (bicyclic) bond motifs is 1. The van der Waals surface area contributed by atoms with Gasteiger partial charge in [-0.2, -0.15) is 0 Å². The first kappa shape index (κ1) is 22.5. The minimum Gasteiger partial charge on any atom is -0.396 e. The van der Waals surface area contributed by atoms with Gasteiger partial charge in [0.05, 0.1) is 26.3 Å². The second-order valence-corrected chi connectivity index (χ2v) is 8.27. The van der Waals surface area contributed by atoms with Gasteiger partial charge < -0.3 is 14.8 Å². The summed E-state index contributed by atoms with van der Waals surface area (Å²) in [6, 6.07) is 7.94. The predicted molar refractivity (Wildman–Crippen MR) is 120 cm³/mol. The van der Waals surface area contributed by atoms with Gasteiger partial charge in [0, 0.05) is 50.4 Å². The molecule has 0 radical (unpaired) electrons. The van der Waals surface area contributed by atoms with Gasteiger partial charge in [-0.1, -0.05) is 11.6 Å². The molecule has 10 nitrogen and oxygen atoms in total. The van der Waals surface area contributed by atoms with Crippen molar-refractivity contribution in [2.45, 2.75) is 33.0 Å². The van der Waals surface area contributed by atoms with Crippen LogP contribution in [0.15, 0.2) is 29.1 Å². The number of aryl methyl sites for hydroxylation is 1. The predicted octanol–water partition coefficient (Wildman–Crippen LogP) is 0.540. The number of morpholine rings is 1. The summed E-state index contributed by atoms with van der Waals surface area (Å²) in [7, 11) is 0. The van der Waals surface area contributed by atoms with Crippen molar-refractivity contribution >= 4 is 10.9 Å². The number of aliphatic hydroxyl groups excluding tert-OH is 1. The van der Waals surface area contributed by atoms with Crippen LogP contribution in [0.25, 0.3) is 10.9 Å². The highest BCUT2D eigenvalue weighted by Crippen LogP contribution is 2.15. The third-order valence-corrected chi connectivity index (χ3v) is 5.81. The zero-order valence-electron chi connectivity index (χ0n) is 18.5. The monoisotopic (exact) mass is 441 g/mol. The van der Waals surface area contributed by atoms with Crippen molar-refractivity contribution in [2.24, 2.45) is 0 Å². The number of benzene rings is 1. The molecule has 3 aromatic rings. The van der Waals surface area contributed by atoms with Crippen molar-refractivity contribution in [1.29, 1.82) is 0 Å². The van der Waals surface area contributed by atoms with Crippen molar-refractivity contribution < 1.29 is 9.84 Å². The standard InChI is InChI=1S/C22H31N7O3/c1-17-3-4-20-18(13-17)14-19(22(31)23-20)15-28(5-2-10-30)16-21-24-25-26-29(21)7-6-27-8-11-32-12-9-27/h3-4,13-14,30H,2,5-12,15-16H2,1H3,(H,23,31). The van der Waals surface area contributed by atoms with Crippen LogP contribution < -0.4 is 5.56 Å². The van der Waals surface area contributed by atoms with Gasteiger partial charge in [-0.3, -0.25) is 14.6 Å². The van der Waals surface area contributed by atoms with Gasteiger partial charge >= 0.3 is 0 Å². The van der Waals surface area contributed by atoms with E-state index in [-0.39, 0.29) is 12.2 Å². The normalized spacial score (nSPS) is 15.1. The molecular formula is C22H31N7O3. The molecule has 1 fully saturated rings. The lowest BCUT2D eigenvalue weighted by Crippen LogP contribution is -2.38. The molecule has 1 aliphatic rings. The Bertz CT molecular complexity index is 1070. The van der Waals surface area contributed by atoms with Gasteiger partial charge in [-0.15, -0.1) is 5.10 Å². The molecule has 1 aliphatic heterocycles. The molecular weight excluding hydrogens is 410 g/mol. The molecule has 10 heteroatoms. The third kappa shape index (κ3) is 5.77. The van der Waals surface area contributed by atoms with E-state index in [1.807, 2.05) is 29.8 Å². The van der Waals surface area contributed by atoms with Crippen molar-refractivity contribution in [3.63, 3.8) is 0 Å². The Morgan fingerprint density at radius 2 is 2.03 bits per heavy atom. The average Bonchev–Trinajstić information content (AvgIpc) is 3.24. The minimum absolute atomic E-state index is 0.0890. The van der Waals surface area contributed by atoms with E-state index >= 15 is 0 Å². The van der Waals surface area contributed by atoms with Crippen molar-refractivity contribution in [3.8, 4) is 0 Å². The lowest BCUT2D eigenvalue weighted by atomic mass is 10.1. The highest BCUT2D eigenvalue weighted by atomic mass is 16.5. The first-order valence-corrected chi connectivity index (χ1v) is 11.1. The Balaban J connectivity index is 1.47. The molecule has 1 saturated heterocycles. The molecule has 0 aliphatic carbocycles. The second-order valence-electron chi connectivity index (χ2n) is 8.27. The number of nitrogens with one attached hydrogen (secondary N) is 1. The molecule has 0 spiro atoms. The van der Waals surface area contributed by atoms with Crippen LogP contribution in [0.3, 0.4) is 0 Å². The first-order chi connectivity index (χ1) is 15.6. The summed E-state index contributed by atoms with van der Waals surface area (Å²) >= 11 is 0. The van der Waals surface area contributed by atoms with E-state index in [1.165, 1.54) is 0 Å². The van der Waals surface area contributed by atoms with Crippen LogP contribution in [-0.2, 0) is 24.4 Å². The Labute approximate surface area is 186 Å². The molecule has 3 heterocycles. The van der Waals surface area contributed by atoms with Crippen molar-refractivity contribution in [1.82, 2.24) is 35.0 Å². The zero-order valence-corrected chi connectivity index (χ0v) is 18.5. The smallest absolute Gasteiger partial charge is 0.252 e. The van der Waals surface area contributed by atoms with Crippen LogP contribution in [0, 0.1) is 6.92 Å². The highest BCUT2D eigenvalue weighted by Gasteiger charge is 2.16. The zero-order chi connectivity index (χ0) is 22.3. The van der Waals surface area contributed by atoms with E-state index in [9.17, 15) is 9.90 Å². The molecule has 0 atom stereocenters. The number of ether oxygens (including phenoxy) is 1. The minimum atomic E-state index is -0.0951. The van der Waals surface area contributed by atoms with Crippen LogP contribution in [0.4, 0.5) is 0 Å². The number of rotatable bonds is 10. The lowest BCUT2D eigenvalue weighted by Gasteiger charge is -2.26. The SMILES string of the molecule is Cc1ccc2[nH]c(=O)c(CN(CCCO)Cc3nnnn3CCN3CCOCC3)cc2c1. The number of pyridine rings is 1. The summed E-state index contributed by atoms with van der Waals surface area (Å²) in [5.74, 6) is 0.754. The van der Waals surface area contributed by atoms with Gasteiger partial charge in [0.2, 0.25) is 0 Å². The number of aliphatic hydroxyl groups is 1. The molecule has 0 saturated carbocycles. The maximum absolute atomic E-state index is 12.7. The first-order valence-electron chi connectivity index (χ1n) is 11.1. The number of hydrogen-bond donors (Lipinski definition) is 2. The molecule has 0 amide bonds. The highest BCUT2D eigenvalue weighted by molar-refractivity contribution is 5.79. The number of aromatic nitrogens is 5. The summed E-state index contributed by atoms with van der Waals surface area (Å²) in [6.07, 6.45) is 0.611. The molecule has 172 valence electrons. The Morgan fingerprint density at radius 1 is 1.19 bits per heavy atom. The van der Waals surface area contributed by atoms with Crippen molar-refractivity contribution in [3.05, 3.63) is 51.6 Å². The summed E-state index contributed by atoms with van der Waals surface area (Å²) in [4.78, 5) is 20.1. The molecule has 32 heavy (non-hydrogen) atoms. The fourth-order valence-corrected chi connectivity index (χ4v) is 4.01. The summed E-state index contributed by atoms with van der Waals surface area (Å²) in [5.41, 5.74) is 2.57. The van der Waals surface area contributed by atoms with E-state index in [0.717, 1.165) is 55.1 Å². The third-order valence-electron chi connectivity index (χ3n) is 5.81. The van der Waals surface area contributed by atoms with Crippen LogP contribution in [-0.4, -0.2) is 86.1 Å². The van der Waals surface area contributed by atoms with Crippen molar-refractivity contribution in [2.75, 3.05) is 46.0 Å². The Hall–Kier alpha value is -2.66. The molecule has 0 bridgehead atoms. The Morgan fingerprint density at radius 3 is 2.84 bits per heavy atom. The van der Waals surface area contributed by atoms with E-state index in [1.54, 1.807) is 0 Å². The number of aromatic amines is 1. The lowest BCUT2D eigenvalue weighted by molar-refractivity contribution is 0.0357. The van der Waals surface area contributed by atoms with E-state index in [0.29, 0.717) is 38.2 Å². The van der Waals surface area contributed by atoms with Gasteiger partial charge in [-0.25, -0.2) is 4.68 Å². The average molecular weight is 442 g/mol. The van der Waals surface area contributed by atoms with E-state index in [2.05, 4.69) is 36.4 Å². The molecule has 0 unspecified atom stereocenters. The Kier molecular flexibility index (Phi) is 7.59. The summed E-state index contributed by atoms with van der Waals surface area (Å²) in [6.45, 7) is 8.64.